The van der Waals surface area contributed by atoms with E-state index in [-0.39, 0.29) is 30.8 Å². The number of aromatic amines is 1. The van der Waals surface area contributed by atoms with E-state index in [4.69, 9.17) is 4.74 Å². The molecule has 1 fully saturated rings. The van der Waals surface area contributed by atoms with Crippen molar-refractivity contribution in [2.24, 2.45) is 5.92 Å². The van der Waals surface area contributed by atoms with Gasteiger partial charge >= 0.3 is 11.8 Å². The van der Waals surface area contributed by atoms with E-state index < -0.39 is 35.1 Å². The Hall–Kier alpha value is -6.30. The van der Waals surface area contributed by atoms with Gasteiger partial charge in [-0.2, -0.15) is 0 Å². The lowest BCUT2D eigenvalue weighted by Gasteiger charge is -2.19. The number of carbonyl (C=O) groups is 2. The molecule has 0 spiro atoms. The fourth-order valence-electron chi connectivity index (χ4n) is 6.05. The van der Waals surface area contributed by atoms with Gasteiger partial charge in [0.1, 0.15) is 29.8 Å². The van der Waals surface area contributed by atoms with E-state index in [0.29, 0.717) is 35.9 Å². The van der Waals surface area contributed by atoms with Crippen LogP contribution in [0.4, 0.5) is 9.18 Å². The number of halogens is 1. The van der Waals surface area contributed by atoms with Gasteiger partial charge in [-0.25, -0.2) is 19.0 Å². The molecule has 0 radical (unpaired) electrons. The minimum absolute atomic E-state index is 0.0733. The van der Waals surface area contributed by atoms with Crippen LogP contribution in [0.1, 0.15) is 52.5 Å². The third-order valence-corrected chi connectivity index (χ3v) is 9.07. The number of alkyl carbamates (subject to hydrolysis) is 1. The molecule has 1 unspecified atom stereocenters. The van der Waals surface area contributed by atoms with Crippen LogP contribution in [-0.4, -0.2) is 31.1 Å². The van der Waals surface area contributed by atoms with E-state index in [1.165, 1.54) is 10.6 Å². The average Bonchev–Trinajstić information content (AvgIpc) is 3.90. The van der Waals surface area contributed by atoms with Gasteiger partial charge in [-0.3, -0.25) is 18.7 Å². The molecular weight excluding hydrogens is 663 g/mol. The zero-order valence-corrected chi connectivity index (χ0v) is 28.3. The van der Waals surface area contributed by atoms with Crippen LogP contribution in [0.2, 0.25) is 0 Å². The molecule has 52 heavy (non-hydrogen) atoms. The molecule has 0 aliphatic heterocycles. The molecule has 3 N–H and O–H groups in total. The highest BCUT2D eigenvalue weighted by molar-refractivity contribution is 5.86. The van der Waals surface area contributed by atoms with Crippen molar-refractivity contribution in [2.45, 2.75) is 51.5 Å². The van der Waals surface area contributed by atoms with Crippen LogP contribution in [0.3, 0.4) is 0 Å². The number of hydrogen-bond acceptors (Lipinski definition) is 6. The highest BCUT2D eigenvalue weighted by Gasteiger charge is 2.27. The molecule has 11 nitrogen and oxygen atoms in total. The van der Waals surface area contributed by atoms with E-state index in [1.807, 2.05) is 60.7 Å². The lowest BCUT2D eigenvalue weighted by atomic mass is 10.1. The first-order valence-corrected chi connectivity index (χ1v) is 17.2. The zero-order valence-electron chi connectivity index (χ0n) is 28.3. The monoisotopic (exact) mass is 700 g/mol. The summed E-state index contributed by atoms with van der Waals surface area (Å²) >= 11 is 0. The Morgan fingerprint density at radius 3 is 2.23 bits per heavy atom. The molecule has 0 bridgehead atoms. The largest absolute Gasteiger partial charge is 0.445 e. The first-order chi connectivity index (χ1) is 25.3. The van der Waals surface area contributed by atoms with Gasteiger partial charge in [0.25, 0.3) is 5.56 Å². The number of nitrogens with zero attached hydrogens (tertiary/aromatic N) is 3. The normalized spacial score (nSPS) is 13.1. The number of H-pyrrole nitrogens is 1. The molecule has 2 aromatic heterocycles. The maximum atomic E-state index is 14.5. The molecule has 12 heteroatoms. The summed E-state index contributed by atoms with van der Waals surface area (Å²) in [5.41, 5.74) is 2.86. The third-order valence-electron chi connectivity index (χ3n) is 9.07. The summed E-state index contributed by atoms with van der Waals surface area (Å²) in [5, 5.41) is 5.59. The van der Waals surface area contributed by atoms with Crippen molar-refractivity contribution in [2.75, 3.05) is 0 Å². The molecule has 1 saturated carbocycles. The van der Waals surface area contributed by atoms with Crippen LogP contribution < -0.4 is 21.9 Å². The van der Waals surface area contributed by atoms with Crippen molar-refractivity contribution in [3.63, 3.8) is 0 Å². The van der Waals surface area contributed by atoms with Crippen molar-refractivity contribution >= 4 is 23.2 Å². The Balaban J connectivity index is 1.03. The molecule has 2 heterocycles. The predicted octanol–water partition coefficient (Wildman–Crippen LogP) is 5.36. The summed E-state index contributed by atoms with van der Waals surface area (Å²) in [4.78, 5) is 60.9. The van der Waals surface area contributed by atoms with Gasteiger partial charge in [-0.05, 0) is 47.1 Å². The highest BCUT2D eigenvalue weighted by Crippen LogP contribution is 2.30. The second-order valence-electron chi connectivity index (χ2n) is 13.0. The second kappa shape index (κ2) is 15.3. The van der Waals surface area contributed by atoms with Gasteiger partial charge in [-0.15, -0.1) is 0 Å². The predicted molar refractivity (Wildman–Crippen MR) is 193 cm³/mol. The molecule has 2 amide bonds. The quantitative estimate of drug-likeness (QED) is 0.148. The minimum atomic E-state index is -0.967. The summed E-state index contributed by atoms with van der Waals surface area (Å²) in [5.74, 6) is -0.0349. The van der Waals surface area contributed by atoms with Crippen molar-refractivity contribution in [1.82, 2.24) is 29.7 Å². The molecule has 6 aromatic rings. The van der Waals surface area contributed by atoms with Gasteiger partial charge in [0, 0.05) is 25.1 Å². The Morgan fingerprint density at radius 2 is 1.52 bits per heavy atom. The fourth-order valence-corrected chi connectivity index (χ4v) is 6.05. The second-order valence-corrected chi connectivity index (χ2v) is 13.0. The summed E-state index contributed by atoms with van der Waals surface area (Å²) < 4.78 is 22.4. The zero-order chi connectivity index (χ0) is 36.0. The number of benzene rings is 4. The number of carbonyl (C=O) groups excluding carboxylic acids is 2. The third kappa shape index (κ3) is 8.02. The maximum Gasteiger partial charge on any atom is 0.408 e. The molecule has 1 atom stereocenters. The molecule has 7 rings (SSSR count). The van der Waals surface area contributed by atoms with E-state index in [2.05, 4.69) is 20.6 Å². The van der Waals surface area contributed by atoms with Crippen molar-refractivity contribution in [1.29, 1.82) is 0 Å². The van der Waals surface area contributed by atoms with E-state index in [0.717, 1.165) is 34.1 Å². The SMILES string of the molecule is O=C(NC(C(=O)NCc1ccc(Cc2nc3c([nH]2)c(=O)n(Cc2ccccc2F)c(=O)n3CC2CC2)cc1)c1ccccc1)OCc1ccccc1. The Labute approximate surface area is 298 Å². The molecule has 4 aromatic carbocycles. The summed E-state index contributed by atoms with van der Waals surface area (Å²) in [6.45, 7) is 0.539. The molecule has 264 valence electrons. The summed E-state index contributed by atoms with van der Waals surface area (Å²) in [6, 6.07) is 30.9. The Morgan fingerprint density at radius 1 is 0.846 bits per heavy atom. The fraction of sp³-hybridized carbons (Fsp3) is 0.225. The molecule has 1 aliphatic rings. The number of amides is 2. The van der Waals surface area contributed by atoms with Crippen LogP contribution in [-0.2, 0) is 42.2 Å². The first-order valence-electron chi connectivity index (χ1n) is 17.2. The maximum absolute atomic E-state index is 14.5. The first kappa shape index (κ1) is 34.2. The molecule has 0 saturated heterocycles. The number of nitrogens with one attached hydrogen (secondary N) is 3. The topological polar surface area (TPSA) is 140 Å². The van der Waals surface area contributed by atoms with E-state index in [1.54, 1.807) is 42.5 Å². The minimum Gasteiger partial charge on any atom is -0.445 e. The number of hydrogen-bond donors (Lipinski definition) is 3. The van der Waals surface area contributed by atoms with Crippen molar-refractivity contribution in [3.8, 4) is 0 Å². The number of fused-ring (bicyclic) bond motifs is 1. The highest BCUT2D eigenvalue weighted by atomic mass is 19.1. The lowest BCUT2D eigenvalue weighted by molar-refractivity contribution is -0.123. The van der Waals surface area contributed by atoms with Gasteiger partial charge in [0.05, 0.1) is 6.54 Å². The smallest absolute Gasteiger partial charge is 0.408 e. The average molecular weight is 701 g/mol. The van der Waals surface area contributed by atoms with Gasteiger partial charge in [-0.1, -0.05) is 103 Å². The van der Waals surface area contributed by atoms with Gasteiger partial charge in [0.2, 0.25) is 5.91 Å². The van der Waals surface area contributed by atoms with Crippen molar-refractivity contribution in [3.05, 3.63) is 169 Å². The van der Waals surface area contributed by atoms with Crippen LogP contribution in [0, 0.1) is 11.7 Å². The lowest BCUT2D eigenvalue weighted by Crippen LogP contribution is -2.40. The van der Waals surface area contributed by atoms with Crippen LogP contribution >= 0.6 is 0 Å². The molecule has 1 aliphatic carbocycles. The number of aromatic nitrogens is 4. The summed E-state index contributed by atoms with van der Waals surface area (Å²) in [7, 11) is 0. The van der Waals surface area contributed by atoms with E-state index in [9.17, 15) is 23.6 Å². The van der Waals surface area contributed by atoms with Crippen molar-refractivity contribution < 1.29 is 18.7 Å². The number of ether oxygens (including phenoxy) is 1. The van der Waals surface area contributed by atoms with Crippen LogP contribution in [0.15, 0.2) is 119 Å². The number of rotatable bonds is 13. The van der Waals surface area contributed by atoms with Gasteiger partial charge < -0.3 is 20.4 Å². The molecular formula is C40H37FN6O5. The van der Waals surface area contributed by atoms with Crippen LogP contribution in [0.5, 0.6) is 0 Å². The van der Waals surface area contributed by atoms with Crippen LogP contribution in [0.25, 0.3) is 11.2 Å². The Bertz CT molecular complexity index is 2320. The standard InChI is InChI=1S/C40H37FN6O5/c41-32-14-8-7-13-31(32)24-47-38(49)35-36(46(40(47)51)23-28-19-20-28)44-33(43-35)21-26-15-17-27(18-16-26)22-42-37(48)34(30-11-5-2-6-12-30)45-39(50)52-25-29-9-3-1-4-10-29/h1-18,28,34H,19-25H2,(H,42,48)(H,43,44)(H,45,50). The van der Waals surface area contributed by atoms with Gasteiger partial charge in [0.15, 0.2) is 5.65 Å². The summed E-state index contributed by atoms with van der Waals surface area (Å²) in [6.07, 6.45) is 1.64. The Kier molecular flexibility index (Phi) is 10.1. The van der Waals surface area contributed by atoms with E-state index >= 15 is 0 Å². The number of imidazole rings is 1.